The van der Waals surface area contributed by atoms with E-state index in [2.05, 4.69) is 36.1 Å². The van der Waals surface area contributed by atoms with Gasteiger partial charge in [-0.15, -0.1) is 0 Å². The molecule has 0 aromatic carbocycles. The number of rotatable bonds is 4. The maximum Gasteiger partial charge on any atom is 0.0762 e. The number of nitrogens with one attached hydrogen (secondary N) is 1. The molecule has 0 aliphatic heterocycles. The van der Waals surface area contributed by atoms with Crippen molar-refractivity contribution in [1.82, 2.24) is 15.1 Å². The summed E-state index contributed by atoms with van der Waals surface area (Å²) in [6, 6.07) is 3.54. The second-order valence-electron chi connectivity index (χ2n) is 6.98. The SMILES string of the molecule is CC1CCCC(NCc2ccn(C3CCCC3)n2)C1C. The van der Waals surface area contributed by atoms with Gasteiger partial charge in [0.1, 0.15) is 0 Å². The monoisotopic (exact) mass is 275 g/mol. The standard InChI is InChI=1S/C17H29N3/c1-13-6-5-9-17(14(13)2)18-12-15-10-11-20(19-15)16-7-3-4-8-16/h10-11,13-14,16-18H,3-9,12H2,1-2H3. The van der Waals surface area contributed by atoms with Crippen LogP contribution in [0.5, 0.6) is 0 Å². The minimum absolute atomic E-state index is 0.664. The van der Waals surface area contributed by atoms with Crippen LogP contribution in [0.25, 0.3) is 0 Å². The van der Waals surface area contributed by atoms with Crippen LogP contribution in [0, 0.1) is 11.8 Å². The molecule has 3 atom stereocenters. The third-order valence-electron chi connectivity index (χ3n) is 5.61. The fourth-order valence-corrected chi connectivity index (χ4v) is 3.95. The molecule has 3 unspecified atom stereocenters. The molecule has 3 rings (SSSR count). The van der Waals surface area contributed by atoms with Crippen LogP contribution in [0.15, 0.2) is 12.3 Å². The lowest BCUT2D eigenvalue weighted by atomic mass is 9.78. The average molecular weight is 275 g/mol. The van der Waals surface area contributed by atoms with Crippen LogP contribution in [0.3, 0.4) is 0 Å². The first-order valence-corrected chi connectivity index (χ1v) is 8.51. The van der Waals surface area contributed by atoms with Gasteiger partial charge >= 0.3 is 0 Å². The molecular formula is C17H29N3. The van der Waals surface area contributed by atoms with E-state index in [0.29, 0.717) is 12.1 Å². The van der Waals surface area contributed by atoms with Gasteiger partial charge in [0.15, 0.2) is 0 Å². The maximum absolute atomic E-state index is 4.77. The van der Waals surface area contributed by atoms with Crippen molar-refractivity contribution in [3.8, 4) is 0 Å². The fraction of sp³-hybridized carbons (Fsp3) is 0.824. The number of aromatic nitrogens is 2. The van der Waals surface area contributed by atoms with Crippen LogP contribution >= 0.6 is 0 Å². The second kappa shape index (κ2) is 6.30. The number of hydrogen-bond donors (Lipinski definition) is 1. The molecule has 1 aromatic heterocycles. The summed E-state index contributed by atoms with van der Waals surface area (Å²) in [5.74, 6) is 1.65. The van der Waals surface area contributed by atoms with Crippen LogP contribution in [0.4, 0.5) is 0 Å². The number of nitrogens with zero attached hydrogens (tertiary/aromatic N) is 2. The van der Waals surface area contributed by atoms with Crippen molar-refractivity contribution in [3.63, 3.8) is 0 Å². The zero-order valence-corrected chi connectivity index (χ0v) is 13.0. The predicted octanol–water partition coefficient (Wildman–Crippen LogP) is 3.91. The smallest absolute Gasteiger partial charge is 0.0762 e. The summed E-state index contributed by atoms with van der Waals surface area (Å²) in [4.78, 5) is 0. The van der Waals surface area contributed by atoms with Crippen LogP contribution in [-0.4, -0.2) is 15.8 Å². The molecule has 0 spiro atoms. The molecule has 20 heavy (non-hydrogen) atoms. The van der Waals surface area contributed by atoms with Gasteiger partial charge in [0.2, 0.25) is 0 Å². The highest BCUT2D eigenvalue weighted by atomic mass is 15.3. The Morgan fingerprint density at radius 2 is 1.95 bits per heavy atom. The molecular weight excluding hydrogens is 246 g/mol. The zero-order chi connectivity index (χ0) is 13.9. The van der Waals surface area contributed by atoms with Gasteiger partial charge in [0.25, 0.3) is 0 Å². The summed E-state index contributed by atoms with van der Waals surface area (Å²) in [5, 5.41) is 8.52. The minimum Gasteiger partial charge on any atom is -0.308 e. The highest BCUT2D eigenvalue weighted by Gasteiger charge is 2.26. The summed E-state index contributed by atoms with van der Waals surface area (Å²) in [5.41, 5.74) is 1.21. The highest BCUT2D eigenvalue weighted by molar-refractivity contribution is 5.00. The van der Waals surface area contributed by atoms with Crippen molar-refractivity contribution in [1.29, 1.82) is 0 Å². The molecule has 2 saturated carbocycles. The molecule has 0 radical (unpaired) electrons. The van der Waals surface area contributed by atoms with Crippen molar-refractivity contribution in [2.45, 2.75) is 77.4 Å². The van der Waals surface area contributed by atoms with E-state index in [4.69, 9.17) is 5.10 Å². The first-order valence-electron chi connectivity index (χ1n) is 8.51. The van der Waals surface area contributed by atoms with Gasteiger partial charge < -0.3 is 5.32 Å². The summed E-state index contributed by atoms with van der Waals surface area (Å²) < 4.78 is 2.21. The Hall–Kier alpha value is -0.830. The molecule has 0 amide bonds. The lowest BCUT2D eigenvalue weighted by Crippen LogP contribution is -2.40. The molecule has 1 heterocycles. The van der Waals surface area contributed by atoms with Gasteiger partial charge in [-0.05, 0) is 37.2 Å². The third-order valence-corrected chi connectivity index (χ3v) is 5.61. The number of hydrogen-bond acceptors (Lipinski definition) is 2. The van der Waals surface area contributed by atoms with Crippen molar-refractivity contribution in [3.05, 3.63) is 18.0 Å². The van der Waals surface area contributed by atoms with E-state index in [1.807, 2.05) is 0 Å². The first kappa shape index (κ1) is 14.1. The first-order chi connectivity index (χ1) is 9.74. The molecule has 3 heteroatoms. The molecule has 2 aliphatic carbocycles. The van der Waals surface area contributed by atoms with Crippen molar-refractivity contribution < 1.29 is 0 Å². The second-order valence-corrected chi connectivity index (χ2v) is 6.98. The minimum atomic E-state index is 0.664. The van der Waals surface area contributed by atoms with Gasteiger partial charge in [-0.25, -0.2) is 0 Å². The topological polar surface area (TPSA) is 29.9 Å². The van der Waals surface area contributed by atoms with E-state index < -0.39 is 0 Å². The van der Waals surface area contributed by atoms with E-state index in [0.717, 1.165) is 18.4 Å². The summed E-state index contributed by atoms with van der Waals surface area (Å²) in [6.45, 7) is 5.73. The Kier molecular flexibility index (Phi) is 4.45. The molecule has 0 bridgehead atoms. The molecule has 0 saturated heterocycles. The Morgan fingerprint density at radius 3 is 2.75 bits per heavy atom. The molecule has 1 aromatic rings. The highest BCUT2D eigenvalue weighted by Crippen LogP contribution is 2.30. The average Bonchev–Trinajstić information content (AvgIpc) is 3.10. The van der Waals surface area contributed by atoms with E-state index in [-0.39, 0.29) is 0 Å². The quantitative estimate of drug-likeness (QED) is 0.903. The van der Waals surface area contributed by atoms with Crippen molar-refractivity contribution in [2.24, 2.45) is 11.8 Å². The van der Waals surface area contributed by atoms with E-state index in [1.165, 1.54) is 50.6 Å². The lowest BCUT2D eigenvalue weighted by Gasteiger charge is -2.34. The lowest BCUT2D eigenvalue weighted by molar-refractivity contribution is 0.205. The summed E-state index contributed by atoms with van der Waals surface area (Å²) >= 11 is 0. The van der Waals surface area contributed by atoms with Crippen LogP contribution in [-0.2, 0) is 6.54 Å². The fourth-order valence-electron chi connectivity index (χ4n) is 3.95. The molecule has 3 nitrogen and oxygen atoms in total. The van der Waals surface area contributed by atoms with Gasteiger partial charge in [0.05, 0.1) is 11.7 Å². The van der Waals surface area contributed by atoms with E-state index >= 15 is 0 Å². The van der Waals surface area contributed by atoms with Crippen molar-refractivity contribution in [2.75, 3.05) is 0 Å². The van der Waals surface area contributed by atoms with Crippen LogP contribution in [0.1, 0.15) is 70.5 Å². The Labute approximate surface area is 123 Å². The molecule has 112 valence electrons. The molecule has 2 fully saturated rings. The van der Waals surface area contributed by atoms with Crippen LogP contribution in [0.2, 0.25) is 0 Å². The van der Waals surface area contributed by atoms with Gasteiger partial charge in [-0.1, -0.05) is 39.5 Å². The normalized spacial score (nSPS) is 31.8. The van der Waals surface area contributed by atoms with Crippen molar-refractivity contribution >= 4 is 0 Å². The molecule has 1 N–H and O–H groups in total. The maximum atomic E-state index is 4.77. The predicted molar refractivity (Wildman–Crippen MR) is 82.5 cm³/mol. The Bertz CT molecular complexity index is 420. The third kappa shape index (κ3) is 3.08. The van der Waals surface area contributed by atoms with E-state index in [1.54, 1.807) is 0 Å². The van der Waals surface area contributed by atoms with Gasteiger partial charge in [-0.3, -0.25) is 4.68 Å². The van der Waals surface area contributed by atoms with Gasteiger partial charge in [-0.2, -0.15) is 5.10 Å². The van der Waals surface area contributed by atoms with Crippen LogP contribution < -0.4 is 5.32 Å². The largest absolute Gasteiger partial charge is 0.308 e. The Morgan fingerprint density at radius 1 is 1.15 bits per heavy atom. The summed E-state index contributed by atoms with van der Waals surface area (Å²) in [6.07, 6.45) is 11.6. The zero-order valence-electron chi connectivity index (χ0n) is 13.0. The van der Waals surface area contributed by atoms with Gasteiger partial charge in [0, 0.05) is 18.8 Å². The summed E-state index contributed by atoms with van der Waals surface area (Å²) in [7, 11) is 0. The van der Waals surface area contributed by atoms with E-state index in [9.17, 15) is 0 Å². The molecule has 2 aliphatic rings. The Balaban J connectivity index is 1.53.